The molecular weight excluding hydrogens is 395 g/mol. The summed E-state index contributed by atoms with van der Waals surface area (Å²) < 4.78 is 23.4. The summed E-state index contributed by atoms with van der Waals surface area (Å²) in [6, 6.07) is 12.1. The number of ether oxygens (including phenoxy) is 2. The number of amides is 1. The smallest absolute Gasteiger partial charge is 0.310 e. The van der Waals surface area contributed by atoms with Gasteiger partial charge >= 0.3 is 5.97 Å². The molecule has 1 N–H and O–H groups in total. The lowest BCUT2D eigenvalue weighted by atomic mass is 10.1. The Hall–Kier alpha value is -3.26. The van der Waals surface area contributed by atoms with Gasteiger partial charge in [0.15, 0.2) is 23.3 Å². The second kappa shape index (κ2) is 9.29. The summed E-state index contributed by atoms with van der Waals surface area (Å²) in [5.74, 6) is -1.60. The van der Waals surface area contributed by atoms with Crippen LogP contribution in [-0.2, 0) is 20.7 Å². The van der Waals surface area contributed by atoms with Crippen molar-refractivity contribution in [3.05, 3.63) is 64.8 Å². The predicted molar refractivity (Wildman–Crippen MR) is 109 cm³/mol. The first-order valence-corrected chi connectivity index (χ1v) is 9.63. The molecular formula is C21H19FN2O4S. The SMILES string of the molecule is COc1ccc(CC(=O)OCC(=O)Nc2nc(-c3ccc(C)cc3)cs2)cc1F. The molecule has 0 aliphatic rings. The minimum Gasteiger partial charge on any atom is -0.494 e. The van der Waals surface area contributed by atoms with Crippen molar-refractivity contribution in [2.75, 3.05) is 19.0 Å². The van der Waals surface area contributed by atoms with Gasteiger partial charge in [0.1, 0.15) is 0 Å². The average molecular weight is 414 g/mol. The van der Waals surface area contributed by atoms with Gasteiger partial charge < -0.3 is 9.47 Å². The molecule has 0 saturated carbocycles. The molecule has 0 fully saturated rings. The largest absolute Gasteiger partial charge is 0.494 e. The van der Waals surface area contributed by atoms with Crippen LogP contribution in [0.1, 0.15) is 11.1 Å². The van der Waals surface area contributed by atoms with E-state index in [1.54, 1.807) is 6.07 Å². The fourth-order valence-corrected chi connectivity index (χ4v) is 3.26. The number of benzene rings is 2. The third kappa shape index (κ3) is 5.61. The van der Waals surface area contributed by atoms with Crippen LogP contribution in [0, 0.1) is 12.7 Å². The van der Waals surface area contributed by atoms with Crippen LogP contribution in [0.5, 0.6) is 5.75 Å². The van der Waals surface area contributed by atoms with Crippen molar-refractivity contribution < 1.29 is 23.5 Å². The second-order valence-electron chi connectivity index (χ2n) is 6.26. The molecule has 1 aromatic heterocycles. The lowest BCUT2D eigenvalue weighted by Crippen LogP contribution is -2.21. The zero-order valence-corrected chi connectivity index (χ0v) is 16.7. The highest BCUT2D eigenvalue weighted by atomic mass is 32.1. The molecule has 0 saturated heterocycles. The molecule has 0 radical (unpaired) electrons. The topological polar surface area (TPSA) is 77.5 Å². The van der Waals surface area contributed by atoms with Crippen molar-refractivity contribution in [3.63, 3.8) is 0 Å². The van der Waals surface area contributed by atoms with Gasteiger partial charge in [-0.25, -0.2) is 9.37 Å². The fourth-order valence-electron chi connectivity index (χ4n) is 2.53. The summed E-state index contributed by atoms with van der Waals surface area (Å²) in [5.41, 5.74) is 3.28. The molecule has 2 aromatic carbocycles. The Morgan fingerprint density at radius 2 is 1.93 bits per heavy atom. The van der Waals surface area contributed by atoms with Crippen LogP contribution in [0.3, 0.4) is 0 Å². The number of halogens is 1. The van der Waals surface area contributed by atoms with E-state index in [0.29, 0.717) is 10.7 Å². The van der Waals surface area contributed by atoms with Crippen molar-refractivity contribution in [1.82, 2.24) is 4.98 Å². The van der Waals surface area contributed by atoms with E-state index in [0.717, 1.165) is 16.8 Å². The molecule has 1 heterocycles. The highest BCUT2D eigenvalue weighted by Gasteiger charge is 2.12. The van der Waals surface area contributed by atoms with Crippen LogP contribution < -0.4 is 10.1 Å². The van der Waals surface area contributed by atoms with Gasteiger partial charge in [-0.2, -0.15) is 0 Å². The number of methoxy groups -OCH3 is 1. The number of anilines is 1. The van der Waals surface area contributed by atoms with Crippen molar-refractivity contribution in [2.45, 2.75) is 13.3 Å². The van der Waals surface area contributed by atoms with E-state index >= 15 is 0 Å². The van der Waals surface area contributed by atoms with Gasteiger partial charge in [0.25, 0.3) is 5.91 Å². The van der Waals surface area contributed by atoms with Gasteiger partial charge in [0.2, 0.25) is 0 Å². The molecule has 0 atom stereocenters. The zero-order chi connectivity index (χ0) is 20.8. The van der Waals surface area contributed by atoms with E-state index in [4.69, 9.17) is 9.47 Å². The van der Waals surface area contributed by atoms with E-state index in [1.165, 1.54) is 30.6 Å². The molecule has 0 spiro atoms. The van der Waals surface area contributed by atoms with Gasteiger partial charge in [-0.3, -0.25) is 14.9 Å². The monoisotopic (exact) mass is 414 g/mol. The van der Waals surface area contributed by atoms with Gasteiger partial charge in [0.05, 0.1) is 19.2 Å². The Morgan fingerprint density at radius 1 is 1.17 bits per heavy atom. The number of carbonyl (C=O) groups is 2. The fraction of sp³-hybridized carbons (Fsp3) is 0.190. The van der Waals surface area contributed by atoms with Gasteiger partial charge in [-0.15, -0.1) is 11.3 Å². The molecule has 0 aliphatic carbocycles. The van der Waals surface area contributed by atoms with Crippen molar-refractivity contribution in [2.24, 2.45) is 0 Å². The Morgan fingerprint density at radius 3 is 2.62 bits per heavy atom. The van der Waals surface area contributed by atoms with Gasteiger partial charge in [-0.05, 0) is 24.6 Å². The number of nitrogens with one attached hydrogen (secondary N) is 1. The average Bonchev–Trinajstić information content (AvgIpc) is 3.15. The third-order valence-corrected chi connectivity index (χ3v) is 4.78. The number of carbonyl (C=O) groups excluding carboxylic acids is 2. The normalized spacial score (nSPS) is 10.4. The molecule has 0 unspecified atom stereocenters. The predicted octanol–water partition coefficient (Wildman–Crippen LogP) is 3.99. The van der Waals surface area contributed by atoms with Crippen LogP contribution in [0.2, 0.25) is 0 Å². The first-order valence-electron chi connectivity index (χ1n) is 8.75. The van der Waals surface area contributed by atoms with E-state index < -0.39 is 24.3 Å². The van der Waals surface area contributed by atoms with Crippen LogP contribution in [0.15, 0.2) is 47.8 Å². The summed E-state index contributed by atoms with van der Waals surface area (Å²) in [7, 11) is 1.36. The lowest BCUT2D eigenvalue weighted by Gasteiger charge is -2.06. The maximum absolute atomic E-state index is 13.7. The highest BCUT2D eigenvalue weighted by Crippen LogP contribution is 2.25. The standard InChI is InChI=1S/C21H19FN2O4S/c1-13-3-6-15(7-4-13)17-12-29-21(23-17)24-19(25)11-28-20(26)10-14-5-8-18(27-2)16(22)9-14/h3-9,12H,10-11H2,1-2H3,(H,23,24,25). The summed E-state index contributed by atoms with van der Waals surface area (Å²) in [5, 5.41) is 4.85. The van der Waals surface area contributed by atoms with Crippen molar-refractivity contribution in [1.29, 1.82) is 0 Å². The number of aryl methyl sites for hydroxylation is 1. The maximum atomic E-state index is 13.7. The number of esters is 1. The maximum Gasteiger partial charge on any atom is 0.310 e. The highest BCUT2D eigenvalue weighted by molar-refractivity contribution is 7.14. The minimum absolute atomic E-state index is 0.0925. The summed E-state index contributed by atoms with van der Waals surface area (Å²) in [6.07, 6.45) is -0.150. The molecule has 3 aromatic rings. The summed E-state index contributed by atoms with van der Waals surface area (Å²) in [4.78, 5) is 28.2. The molecule has 8 heteroatoms. The Kier molecular flexibility index (Phi) is 6.56. The quantitative estimate of drug-likeness (QED) is 0.592. The van der Waals surface area contributed by atoms with E-state index in [9.17, 15) is 14.0 Å². The number of hydrogen-bond acceptors (Lipinski definition) is 6. The number of hydrogen-bond donors (Lipinski definition) is 1. The second-order valence-corrected chi connectivity index (χ2v) is 7.12. The van der Waals surface area contributed by atoms with Gasteiger partial charge in [0, 0.05) is 10.9 Å². The van der Waals surface area contributed by atoms with Crippen molar-refractivity contribution in [3.8, 4) is 17.0 Å². The van der Waals surface area contributed by atoms with Crippen LogP contribution in [0.25, 0.3) is 11.3 Å². The number of rotatable bonds is 7. The first-order chi connectivity index (χ1) is 13.9. The number of thiazole rings is 1. The molecule has 6 nitrogen and oxygen atoms in total. The number of nitrogens with zero attached hydrogens (tertiary/aromatic N) is 1. The Bertz CT molecular complexity index is 1020. The molecule has 1 amide bonds. The first kappa shape index (κ1) is 20.5. The minimum atomic E-state index is -0.635. The third-order valence-electron chi connectivity index (χ3n) is 4.03. The van der Waals surface area contributed by atoms with E-state index in [1.807, 2.05) is 36.6 Å². The van der Waals surface area contributed by atoms with E-state index in [2.05, 4.69) is 10.3 Å². The van der Waals surface area contributed by atoms with Gasteiger partial charge in [-0.1, -0.05) is 35.9 Å². The molecule has 3 rings (SSSR count). The Labute approximate surface area is 171 Å². The van der Waals surface area contributed by atoms with Crippen LogP contribution in [0.4, 0.5) is 9.52 Å². The zero-order valence-electron chi connectivity index (χ0n) is 15.9. The summed E-state index contributed by atoms with van der Waals surface area (Å²) >= 11 is 1.28. The molecule has 150 valence electrons. The van der Waals surface area contributed by atoms with Crippen molar-refractivity contribution >= 4 is 28.3 Å². The Balaban J connectivity index is 1.49. The molecule has 0 bridgehead atoms. The van der Waals surface area contributed by atoms with E-state index in [-0.39, 0.29) is 12.2 Å². The summed E-state index contributed by atoms with van der Waals surface area (Å²) in [6.45, 7) is 1.56. The van der Waals surface area contributed by atoms with Crippen LogP contribution >= 0.6 is 11.3 Å². The number of aromatic nitrogens is 1. The van der Waals surface area contributed by atoms with Crippen LogP contribution in [-0.4, -0.2) is 30.6 Å². The lowest BCUT2D eigenvalue weighted by molar-refractivity contribution is -0.146. The molecule has 29 heavy (non-hydrogen) atoms. The molecule has 0 aliphatic heterocycles.